The highest BCUT2D eigenvalue weighted by molar-refractivity contribution is 5.88. The van der Waals surface area contributed by atoms with E-state index in [4.69, 9.17) is 25.6 Å². The van der Waals surface area contributed by atoms with Gasteiger partial charge in [0.15, 0.2) is 12.4 Å². The lowest BCUT2D eigenvalue weighted by Gasteiger charge is -2.21. The summed E-state index contributed by atoms with van der Waals surface area (Å²) in [6, 6.07) is 4.15. The number of benzene rings is 1. The lowest BCUT2D eigenvalue weighted by atomic mass is 10.0. The van der Waals surface area contributed by atoms with Gasteiger partial charge in [0.1, 0.15) is 35.4 Å². The molecule has 13 heteroatoms. The van der Waals surface area contributed by atoms with Gasteiger partial charge in [-0.3, -0.25) is 4.39 Å². The number of allylic oxidation sites excluding steroid dienone is 6. The van der Waals surface area contributed by atoms with Crippen LogP contribution in [-0.2, 0) is 11.3 Å². The number of alkyl halides is 4. The fourth-order valence-electron chi connectivity index (χ4n) is 6.75. The summed E-state index contributed by atoms with van der Waals surface area (Å²) in [5.41, 5.74) is 2.69. The normalized spacial score (nSPS) is 14.1. The van der Waals surface area contributed by atoms with E-state index in [0.717, 1.165) is 137 Å². The zero-order chi connectivity index (χ0) is 49.0. The van der Waals surface area contributed by atoms with Crippen LogP contribution in [0.3, 0.4) is 0 Å². The molecule has 1 aromatic carbocycles. The summed E-state index contributed by atoms with van der Waals surface area (Å²) in [5, 5.41) is 10.6. The number of nitrogens with zero attached hydrogens (tertiary/aromatic N) is 5. The molecule has 0 bridgehead atoms. The minimum Gasteiger partial charge on any atom is -0.493 e. The van der Waals surface area contributed by atoms with Crippen molar-refractivity contribution in [3.05, 3.63) is 72.8 Å². The van der Waals surface area contributed by atoms with Crippen LogP contribution in [0, 0.1) is 18.3 Å². The third-order valence-corrected chi connectivity index (χ3v) is 10.6. The van der Waals surface area contributed by atoms with Crippen LogP contribution in [0.2, 0.25) is 0 Å². The second-order valence-electron chi connectivity index (χ2n) is 15.3. The van der Waals surface area contributed by atoms with Gasteiger partial charge in [0.05, 0.1) is 37.6 Å². The summed E-state index contributed by atoms with van der Waals surface area (Å²) in [4.78, 5) is 12.6. The number of aryl methyl sites for hydroxylation is 1. The van der Waals surface area contributed by atoms with E-state index in [2.05, 4.69) is 80.4 Å². The Morgan fingerprint density at radius 3 is 1.89 bits per heavy atom. The molecule has 1 heterocycles. The molecule has 0 saturated heterocycles. The number of likely N-dealkylation sites (N-methyl/N-ethyl adjacent to an activating group) is 1. The van der Waals surface area contributed by atoms with E-state index < -0.39 is 24.6 Å². The van der Waals surface area contributed by atoms with E-state index >= 15 is 0 Å². The minimum atomic E-state index is -3.43. The van der Waals surface area contributed by atoms with Crippen LogP contribution in [0.5, 0.6) is 11.5 Å². The highest BCUT2D eigenvalue weighted by Crippen LogP contribution is 2.36. The monoisotopic (exact) mass is 920 g/mol. The SMILES string of the molecule is C#CC(/C=C\C)C(F)(F)CF.C=CC.CCCCN(CC)CCOC1=C(c2nc3c(OCCCN(CC)CC)cc(OCCCN(CC)CC)cc3n2CCCC)C=CC(O)C=C1.CF. The number of ether oxygens (including phenoxy) is 3. The third kappa shape index (κ3) is 22.8. The Bertz CT molecular complexity index is 1710. The summed E-state index contributed by atoms with van der Waals surface area (Å²) >= 11 is 0. The van der Waals surface area contributed by atoms with Crippen molar-refractivity contribution in [1.82, 2.24) is 24.3 Å². The van der Waals surface area contributed by atoms with Crippen molar-refractivity contribution in [2.45, 2.75) is 119 Å². The highest BCUT2D eigenvalue weighted by atomic mass is 19.3. The van der Waals surface area contributed by atoms with Crippen LogP contribution in [0.25, 0.3) is 16.6 Å². The Hall–Kier alpha value is -4.09. The molecule has 3 rings (SSSR count). The molecule has 1 aliphatic rings. The van der Waals surface area contributed by atoms with Crippen LogP contribution >= 0.6 is 0 Å². The van der Waals surface area contributed by atoms with Crippen LogP contribution in [0.1, 0.15) is 107 Å². The summed E-state index contributed by atoms with van der Waals surface area (Å²) in [7, 11) is 0.500. The fraction of sp³-hybridized carbons (Fsp3) is 0.635. The maximum absolute atomic E-state index is 12.4. The lowest BCUT2D eigenvalue weighted by molar-refractivity contribution is -0.0426. The molecular weight excluding hydrogens is 835 g/mol. The molecule has 0 saturated carbocycles. The summed E-state index contributed by atoms with van der Waals surface area (Å²) < 4.78 is 67.7. The van der Waals surface area contributed by atoms with Crippen LogP contribution in [0.4, 0.5) is 17.6 Å². The van der Waals surface area contributed by atoms with E-state index in [1.54, 1.807) is 25.2 Å². The van der Waals surface area contributed by atoms with Crippen molar-refractivity contribution in [2.24, 2.45) is 5.92 Å². The number of aromatic nitrogens is 2. The molecule has 9 nitrogen and oxygen atoms in total. The maximum Gasteiger partial charge on any atom is 0.292 e. The molecule has 2 unspecified atom stereocenters. The van der Waals surface area contributed by atoms with E-state index in [-0.39, 0.29) is 0 Å². The number of unbranched alkanes of at least 4 members (excludes halogenated alkanes) is 2. The Balaban J connectivity index is 0.00000219. The Labute approximate surface area is 391 Å². The highest BCUT2D eigenvalue weighted by Gasteiger charge is 2.36. The van der Waals surface area contributed by atoms with Gasteiger partial charge in [-0.05, 0) is 97.0 Å². The van der Waals surface area contributed by atoms with Gasteiger partial charge in [0.2, 0.25) is 0 Å². The maximum atomic E-state index is 12.4. The van der Waals surface area contributed by atoms with E-state index in [9.17, 15) is 22.7 Å². The number of halogens is 4. The fourth-order valence-corrected chi connectivity index (χ4v) is 6.75. The number of hydrogen-bond acceptors (Lipinski definition) is 8. The molecule has 2 atom stereocenters. The number of hydrogen-bond donors (Lipinski definition) is 1. The van der Waals surface area contributed by atoms with Gasteiger partial charge >= 0.3 is 0 Å². The molecule has 1 aromatic heterocycles. The Morgan fingerprint density at radius 1 is 0.815 bits per heavy atom. The molecular formula is C52H85F4N5O4. The first-order valence-electron chi connectivity index (χ1n) is 23.8. The standard InChI is InChI=1S/C40H67N5O4.C8H9F3.C3H6.CH3F/c1-8-15-23-44(14-7)27-30-49-37-22-20-33(46)19-21-35(37)40-41-39-36(45(40)26-16-9-2)31-34(47-28-17-24-42(10-3)11-4)32-38(39)48-29-18-25-43(12-5)13-6;1-3-5-7(4-2)8(10,11)6-9;1-3-2;1-2/h19-22,31-33,46H,8-18,23-30H2,1-7H3;2-3,5,7H,6H2,1H3;3H,1H2,2H3;1H3/b;5-3-;;. The topological polar surface area (TPSA) is 75.5 Å². The van der Waals surface area contributed by atoms with E-state index in [1.165, 1.54) is 18.9 Å². The van der Waals surface area contributed by atoms with Crippen molar-refractivity contribution in [1.29, 1.82) is 0 Å². The van der Waals surface area contributed by atoms with Crippen molar-refractivity contribution in [3.8, 4) is 23.8 Å². The van der Waals surface area contributed by atoms with Crippen molar-refractivity contribution < 1.29 is 36.9 Å². The van der Waals surface area contributed by atoms with Crippen molar-refractivity contribution in [2.75, 3.05) is 92.6 Å². The Kier molecular flexibility index (Phi) is 34.7. The van der Waals surface area contributed by atoms with Crippen molar-refractivity contribution >= 4 is 16.6 Å². The van der Waals surface area contributed by atoms with Gasteiger partial charge in [-0.25, -0.2) is 18.2 Å². The second-order valence-corrected chi connectivity index (χ2v) is 15.3. The minimum absolute atomic E-state index is 0.500. The first-order chi connectivity index (χ1) is 31.4. The quantitative estimate of drug-likeness (QED) is 0.0374. The molecule has 0 spiro atoms. The van der Waals surface area contributed by atoms with Crippen molar-refractivity contribution in [3.63, 3.8) is 0 Å². The number of rotatable bonds is 29. The largest absolute Gasteiger partial charge is 0.493 e. The zero-order valence-electron chi connectivity index (χ0n) is 41.7. The van der Waals surface area contributed by atoms with Crippen LogP contribution in [0.15, 0.2) is 67.0 Å². The number of aliphatic hydroxyl groups excluding tert-OH is 1. The van der Waals surface area contributed by atoms with E-state index in [0.29, 0.717) is 27.0 Å². The number of imidazole rings is 1. The number of aliphatic hydroxyl groups is 1. The molecule has 1 N–H and O–H groups in total. The predicted octanol–water partition coefficient (Wildman–Crippen LogP) is 11.6. The van der Waals surface area contributed by atoms with Crippen LogP contribution < -0.4 is 9.47 Å². The van der Waals surface area contributed by atoms with Gasteiger partial charge in [-0.2, -0.15) is 0 Å². The van der Waals surface area contributed by atoms with Gasteiger partial charge < -0.3 is 38.6 Å². The van der Waals surface area contributed by atoms with E-state index in [1.807, 2.05) is 31.1 Å². The first kappa shape index (κ1) is 60.9. The number of terminal acetylenes is 1. The molecule has 0 fully saturated rings. The predicted molar refractivity (Wildman–Crippen MR) is 266 cm³/mol. The van der Waals surface area contributed by atoms with Gasteiger partial charge in [-0.15, -0.1) is 13.0 Å². The summed E-state index contributed by atoms with van der Waals surface area (Å²) in [6.45, 7) is 32.2. The zero-order valence-corrected chi connectivity index (χ0v) is 41.7. The molecule has 1 aliphatic carbocycles. The molecule has 2 aromatic rings. The first-order valence-corrected chi connectivity index (χ1v) is 23.8. The lowest BCUT2D eigenvalue weighted by Crippen LogP contribution is -2.28. The Morgan fingerprint density at radius 2 is 1.37 bits per heavy atom. The third-order valence-electron chi connectivity index (χ3n) is 10.6. The molecule has 0 aliphatic heterocycles. The average Bonchev–Trinajstić information content (AvgIpc) is 3.58. The van der Waals surface area contributed by atoms with Gasteiger partial charge in [0.25, 0.3) is 5.92 Å². The van der Waals surface area contributed by atoms with Gasteiger partial charge in [-0.1, -0.05) is 91.5 Å². The summed E-state index contributed by atoms with van der Waals surface area (Å²) in [6.07, 6.45) is 22.1. The average molecular weight is 920 g/mol. The summed E-state index contributed by atoms with van der Waals surface area (Å²) in [5.74, 6) is 0.0500. The second kappa shape index (κ2) is 37.1. The van der Waals surface area contributed by atoms with Crippen LogP contribution in [-0.4, -0.2) is 134 Å². The number of fused-ring (bicyclic) bond motifs is 1. The molecule has 0 amide bonds. The molecule has 65 heavy (non-hydrogen) atoms. The molecule has 370 valence electrons. The smallest absolute Gasteiger partial charge is 0.292 e. The molecule has 0 radical (unpaired) electrons. The van der Waals surface area contributed by atoms with Gasteiger partial charge in [0, 0.05) is 38.3 Å².